The van der Waals surface area contributed by atoms with Crippen molar-refractivity contribution < 1.29 is 4.79 Å². The lowest BCUT2D eigenvalue weighted by molar-refractivity contribution is 0.0721. The number of hydrogen-bond donors (Lipinski definition) is 2. The average molecular weight is 310 g/mol. The highest BCUT2D eigenvalue weighted by molar-refractivity contribution is 7.18. The summed E-state index contributed by atoms with van der Waals surface area (Å²) in [6.45, 7) is 9.99. The van der Waals surface area contributed by atoms with E-state index in [0.29, 0.717) is 28.6 Å². The van der Waals surface area contributed by atoms with Crippen molar-refractivity contribution in [3.63, 3.8) is 0 Å². The molecule has 0 radical (unpaired) electrons. The number of nitrogens with one attached hydrogen (secondary N) is 1. The molecule has 0 spiro atoms. The number of nitrogens with two attached hydrogens (primary N) is 1. The van der Waals surface area contributed by atoms with Gasteiger partial charge in [0.25, 0.3) is 5.91 Å². The van der Waals surface area contributed by atoms with Crippen molar-refractivity contribution in [1.29, 1.82) is 0 Å². The molecule has 118 valence electrons. The van der Waals surface area contributed by atoms with Crippen LogP contribution in [0.25, 0.3) is 0 Å². The van der Waals surface area contributed by atoms with Crippen LogP contribution in [-0.4, -0.2) is 34.9 Å². The molecule has 0 unspecified atom stereocenters. The number of rotatable bonds is 7. The number of carbonyl (C=O) groups excluding carboxylic acids is 1. The van der Waals surface area contributed by atoms with Gasteiger partial charge in [0.2, 0.25) is 0 Å². The molecule has 0 aromatic carbocycles. The van der Waals surface area contributed by atoms with Crippen LogP contribution in [0.3, 0.4) is 0 Å². The number of thiazole rings is 1. The first-order chi connectivity index (χ1) is 9.86. The SMILES string of the molecule is CC(C)CN(CC(C)C)C(=O)c1sc(NC2CC2)nc1N. The second kappa shape index (κ2) is 6.64. The number of nitrogens with zero attached hydrogens (tertiary/aromatic N) is 2. The van der Waals surface area contributed by atoms with Crippen LogP contribution >= 0.6 is 11.3 Å². The van der Waals surface area contributed by atoms with E-state index in [1.165, 1.54) is 24.2 Å². The van der Waals surface area contributed by atoms with Gasteiger partial charge in [0.1, 0.15) is 10.7 Å². The zero-order chi connectivity index (χ0) is 15.6. The van der Waals surface area contributed by atoms with E-state index >= 15 is 0 Å². The van der Waals surface area contributed by atoms with Gasteiger partial charge in [-0.05, 0) is 24.7 Å². The normalized spacial score (nSPS) is 14.8. The Hall–Kier alpha value is -1.30. The van der Waals surface area contributed by atoms with E-state index in [2.05, 4.69) is 38.0 Å². The molecular weight excluding hydrogens is 284 g/mol. The van der Waals surface area contributed by atoms with Crippen LogP contribution in [0, 0.1) is 11.8 Å². The van der Waals surface area contributed by atoms with Crippen LogP contribution in [0.15, 0.2) is 0 Å². The first-order valence-corrected chi connectivity index (χ1v) is 8.50. The van der Waals surface area contributed by atoms with Crippen molar-refractivity contribution in [3.05, 3.63) is 4.88 Å². The Labute approximate surface area is 130 Å². The molecule has 1 aliphatic carbocycles. The molecular formula is C15H26N4OS. The number of aromatic nitrogens is 1. The Morgan fingerprint density at radius 3 is 2.38 bits per heavy atom. The summed E-state index contributed by atoms with van der Waals surface area (Å²) < 4.78 is 0. The van der Waals surface area contributed by atoms with Gasteiger partial charge in [-0.15, -0.1) is 0 Å². The third-order valence-corrected chi connectivity index (χ3v) is 4.20. The van der Waals surface area contributed by atoms with Crippen LogP contribution < -0.4 is 11.1 Å². The molecule has 1 aromatic rings. The summed E-state index contributed by atoms with van der Waals surface area (Å²) in [7, 11) is 0. The number of amides is 1. The second-order valence-electron chi connectivity index (χ2n) is 6.65. The number of nitrogen functional groups attached to an aromatic ring is 1. The predicted octanol–water partition coefficient (Wildman–Crippen LogP) is 3.05. The van der Waals surface area contributed by atoms with Crippen molar-refractivity contribution in [2.75, 3.05) is 24.1 Å². The van der Waals surface area contributed by atoms with Gasteiger partial charge in [0, 0.05) is 19.1 Å². The fourth-order valence-corrected chi connectivity index (χ4v) is 3.14. The Bertz CT molecular complexity index is 484. The van der Waals surface area contributed by atoms with E-state index in [4.69, 9.17) is 5.73 Å². The van der Waals surface area contributed by atoms with E-state index < -0.39 is 0 Å². The second-order valence-corrected chi connectivity index (χ2v) is 7.65. The third-order valence-electron chi connectivity index (χ3n) is 3.21. The topological polar surface area (TPSA) is 71.2 Å². The summed E-state index contributed by atoms with van der Waals surface area (Å²) in [5.74, 6) is 1.23. The fraction of sp³-hybridized carbons (Fsp3) is 0.733. The lowest BCUT2D eigenvalue weighted by Gasteiger charge is -2.25. The highest BCUT2D eigenvalue weighted by Crippen LogP contribution is 2.31. The van der Waals surface area contributed by atoms with Gasteiger partial charge in [-0.2, -0.15) is 0 Å². The van der Waals surface area contributed by atoms with Crippen LogP contribution in [0.2, 0.25) is 0 Å². The first-order valence-electron chi connectivity index (χ1n) is 7.69. The van der Waals surface area contributed by atoms with Crippen molar-refractivity contribution in [1.82, 2.24) is 9.88 Å². The van der Waals surface area contributed by atoms with Gasteiger partial charge in [-0.25, -0.2) is 4.98 Å². The minimum Gasteiger partial charge on any atom is -0.382 e. The minimum absolute atomic E-state index is 0.0104. The molecule has 0 atom stereocenters. The van der Waals surface area contributed by atoms with Crippen LogP contribution in [0.4, 0.5) is 10.9 Å². The Balaban J connectivity index is 2.12. The monoisotopic (exact) mass is 310 g/mol. The molecule has 2 rings (SSSR count). The van der Waals surface area contributed by atoms with Crippen LogP contribution in [-0.2, 0) is 0 Å². The van der Waals surface area contributed by atoms with Gasteiger partial charge in [0.15, 0.2) is 5.13 Å². The molecule has 1 amide bonds. The van der Waals surface area contributed by atoms with Crippen molar-refractivity contribution in [2.45, 2.75) is 46.6 Å². The van der Waals surface area contributed by atoms with E-state index in [0.717, 1.165) is 18.2 Å². The zero-order valence-electron chi connectivity index (χ0n) is 13.3. The van der Waals surface area contributed by atoms with E-state index in [1.54, 1.807) is 0 Å². The fourth-order valence-electron chi connectivity index (χ4n) is 2.21. The molecule has 3 N–H and O–H groups in total. The van der Waals surface area contributed by atoms with Crippen molar-refractivity contribution in [2.24, 2.45) is 11.8 Å². The molecule has 6 heteroatoms. The van der Waals surface area contributed by atoms with Crippen molar-refractivity contribution in [3.8, 4) is 0 Å². The quantitative estimate of drug-likeness (QED) is 0.812. The summed E-state index contributed by atoms with van der Waals surface area (Å²) >= 11 is 1.38. The summed E-state index contributed by atoms with van der Waals surface area (Å²) in [6, 6.07) is 0.515. The van der Waals surface area contributed by atoms with Gasteiger partial charge >= 0.3 is 0 Å². The Kier molecular flexibility index (Phi) is 5.08. The molecule has 0 aliphatic heterocycles. The maximum Gasteiger partial charge on any atom is 0.267 e. The summed E-state index contributed by atoms with van der Waals surface area (Å²) in [5.41, 5.74) is 5.95. The molecule has 1 fully saturated rings. The molecule has 1 saturated carbocycles. The maximum absolute atomic E-state index is 12.7. The minimum atomic E-state index is 0.0104. The maximum atomic E-state index is 12.7. The predicted molar refractivity (Wildman–Crippen MR) is 88.8 cm³/mol. The molecule has 0 saturated heterocycles. The largest absolute Gasteiger partial charge is 0.382 e. The smallest absolute Gasteiger partial charge is 0.267 e. The Morgan fingerprint density at radius 1 is 1.33 bits per heavy atom. The van der Waals surface area contributed by atoms with Crippen LogP contribution in [0.1, 0.15) is 50.2 Å². The number of carbonyl (C=O) groups is 1. The highest BCUT2D eigenvalue weighted by Gasteiger charge is 2.26. The number of hydrogen-bond acceptors (Lipinski definition) is 5. The molecule has 0 bridgehead atoms. The van der Waals surface area contributed by atoms with Gasteiger partial charge in [0.05, 0.1) is 0 Å². The van der Waals surface area contributed by atoms with Crippen molar-refractivity contribution >= 4 is 28.2 Å². The third kappa shape index (κ3) is 4.59. The molecule has 5 nitrogen and oxygen atoms in total. The van der Waals surface area contributed by atoms with Gasteiger partial charge in [-0.3, -0.25) is 4.79 Å². The summed E-state index contributed by atoms with van der Waals surface area (Å²) in [5, 5.41) is 4.08. The average Bonchev–Trinajstić information content (AvgIpc) is 3.09. The molecule has 1 aromatic heterocycles. The van der Waals surface area contributed by atoms with E-state index in [-0.39, 0.29) is 5.91 Å². The van der Waals surface area contributed by atoms with E-state index in [9.17, 15) is 4.79 Å². The van der Waals surface area contributed by atoms with Crippen LogP contribution in [0.5, 0.6) is 0 Å². The Morgan fingerprint density at radius 2 is 1.90 bits per heavy atom. The molecule has 1 heterocycles. The summed E-state index contributed by atoms with van der Waals surface area (Å²) in [6.07, 6.45) is 2.35. The van der Waals surface area contributed by atoms with Gasteiger partial charge < -0.3 is 16.0 Å². The zero-order valence-corrected chi connectivity index (χ0v) is 14.2. The molecule has 21 heavy (non-hydrogen) atoms. The standard InChI is InChI=1S/C15H26N4OS/c1-9(2)7-19(8-10(3)4)14(20)12-13(16)18-15(21-12)17-11-5-6-11/h9-11H,5-8,16H2,1-4H3,(H,17,18). The summed E-state index contributed by atoms with van der Waals surface area (Å²) in [4.78, 5) is 19.5. The number of anilines is 2. The lowest BCUT2D eigenvalue weighted by Crippen LogP contribution is -2.36. The lowest BCUT2D eigenvalue weighted by atomic mass is 10.1. The first kappa shape index (κ1) is 16.1. The van der Waals surface area contributed by atoms with E-state index in [1.807, 2.05) is 4.90 Å². The van der Waals surface area contributed by atoms with Gasteiger partial charge in [-0.1, -0.05) is 39.0 Å². The molecule has 1 aliphatic rings. The highest BCUT2D eigenvalue weighted by atomic mass is 32.1.